The van der Waals surface area contributed by atoms with Gasteiger partial charge in [0, 0.05) is 6.04 Å². The molecule has 0 saturated heterocycles. The van der Waals surface area contributed by atoms with E-state index in [1.54, 1.807) is 12.1 Å². The first kappa shape index (κ1) is 11.6. The fourth-order valence-corrected chi connectivity index (χ4v) is 2.29. The molecule has 1 aliphatic rings. The summed E-state index contributed by atoms with van der Waals surface area (Å²) in [7, 11) is 2.06. The molecule has 1 aromatic rings. The van der Waals surface area contributed by atoms with Gasteiger partial charge in [-0.3, -0.25) is 0 Å². The molecule has 0 bridgehead atoms. The van der Waals surface area contributed by atoms with Gasteiger partial charge >= 0.3 is 0 Å². The summed E-state index contributed by atoms with van der Waals surface area (Å²) >= 11 is 0. The first-order valence-electron chi connectivity index (χ1n) is 6.21. The highest BCUT2D eigenvalue weighted by Crippen LogP contribution is 2.34. The van der Waals surface area contributed by atoms with Gasteiger partial charge < -0.3 is 5.32 Å². The number of hydrogen-bond donors (Lipinski definition) is 1. The van der Waals surface area contributed by atoms with Gasteiger partial charge in [-0.1, -0.05) is 12.1 Å². The predicted octanol–water partition coefficient (Wildman–Crippen LogP) is 3.15. The van der Waals surface area contributed by atoms with Crippen molar-refractivity contribution in [2.45, 2.75) is 38.1 Å². The molecule has 0 radical (unpaired) electrons. The molecule has 0 heterocycles. The molecule has 2 rings (SSSR count). The molecule has 1 aromatic carbocycles. The summed E-state index contributed by atoms with van der Waals surface area (Å²) in [5, 5.41) is 3.40. The second-order valence-electron chi connectivity index (χ2n) is 4.75. The molecule has 1 fully saturated rings. The first-order valence-corrected chi connectivity index (χ1v) is 6.21. The molecule has 0 spiro atoms. The average Bonchev–Trinajstić information content (AvgIpc) is 3.11. The van der Waals surface area contributed by atoms with Crippen LogP contribution >= 0.6 is 0 Å². The molecule has 0 amide bonds. The van der Waals surface area contributed by atoms with Crippen molar-refractivity contribution in [3.05, 3.63) is 35.6 Å². The van der Waals surface area contributed by atoms with Crippen LogP contribution in [0.2, 0.25) is 0 Å². The van der Waals surface area contributed by atoms with Gasteiger partial charge in [-0.2, -0.15) is 0 Å². The van der Waals surface area contributed by atoms with Crippen molar-refractivity contribution in [3.8, 4) is 0 Å². The van der Waals surface area contributed by atoms with E-state index in [1.807, 2.05) is 12.1 Å². The second-order valence-corrected chi connectivity index (χ2v) is 4.75. The third-order valence-corrected chi connectivity index (χ3v) is 3.46. The van der Waals surface area contributed by atoms with Crippen LogP contribution in [-0.4, -0.2) is 13.1 Å². The molecular formula is C14H20FN. The SMILES string of the molecule is CNC(CCCc1ccc(F)cc1)C1CC1. The normalized spacial score (nSPS) is 17.4. The van der Waals surface area contributed by atoms with Crippen LogP contribution in [0.3, 0.4) is 0 Å². The van der Waals surface area contributed by atoms with Gasteiger partial charge in [0.05, 0.1) is 0 Å². The van der Waals surface area contributed by atoms with E-state index in [1.165, 1.54) is 31.2 Å². The summed E-state index contributed by atoms with van der Waals surface area (Å²) in [4.78, 5) is 0. The van der Waals surface area contributed by atoms with Crippen molar-refractivity contribution in [2.24, 2.45) is 5.92 Å². The Morgan fingerprint density at radius 1 is 1.31 bits per heavy atom. The fourth-order valence-electron chi connectivity index (χ4n) is 2.29. The maximum atomic E-state index is 12.7. The number of halogens is 1. The van der Waals surface area contributed by atoms with Gasteiger partial charge in [0.1, 0.15) is 5.82 Å². The highest BCUT2D eigenvalue weighted by atomic mass is 19.1. The minimum absolute atomic E-state index is 0.144. The van der Waals surface area contributed by atoms with Gasteiger partial charge in [-0.15, -0.1) is 0 Å². The van der Waals surface area contributed by atoms with E-state index in [0.717, 1.165) is 12.3 Å². The minimum Gasteiger partial charge on any atom is -0.317 e. The summed E-state index contributed by atoms with van der Waals surface area (Å²) < 4.78 is 12.7. The molecule has 16 heavy (non-hydrogen) atoms. The van der Waals surface area contributed by atoms with Gasteiger partial charge in [0.2, 0.25) is 0 Å². The first-order chi connectivity index (χ1) is 7.79. The lowest BCUT2D eigenvalue weighted by Gasteiger charge is -2.14. The molecular weight excluding hydrogens is 201 g/mol. The van der Waals surface area contributed by atoms with Crippen molar-refractivity contribution in [1.82, 2.24) is 5.32 Å². The fraction of sp³-hybridized carbons (Fsp3) is 0.571. The van der Waals surface area contributed by atoms with Crippen LogP contribution in [0.25, 0.3) is 0 Å². The zero-order valence-corrected chi connectivity index (χ0v) is 9.88. The maximum Gasteiger partial charge on any atom is 0.123 e. The summed E-state index contributed by atoms with van der Waals surface area (Å²) in [5.41, 5.74) is 1.24. The number of rotatable bonds is 6. The van der Waals surface area contributed by atoms with Gasteiger partial charge in [-0.05, 0) is 62.8 Å². The lowest BCUT2D eigenvalue weighted by Crippen LogP contribution is -2.27. The molecule has 1 saturated carbocycles. The van der Waals surface area contributed by atoms with Crippen molar-refractivity contribution >= 4 is 0 Å². The van der Waals surface area contributed by atoms with Crippen molar-refractivity contribution in [3.63, 3.8) is 0 Å². The smallest absolute Gasteiger partial charge is 0.123 e. The Hall–Kier alpha value is -0.890. The zero-order chi connectivity index (χ0) is 11.4. The topological polar surface area (TPSA) is 12.0 Å². The van der Waals surface area contributed by atoms with Crippen molar-refractivity contribution < 1.29 is 4.39 Å². The monoisotopic (exact) mass is 221 g/mol. The molecule has 1 nitrogen and oxygen atoms in total. The number of aryl methyl sites for hydroxylation is 1. The van der Waals surface area contributed by atoms with Crippen molar-refractivity contribution in [2.75, 3.05) is 7.05 Å². The Morgan fingerprint density at radius 2 is 2.00 bits per heavy atom. The highest BCUT2D eigenvalue weighted by Gasteiger charge is 2.29. The lowest BCUT2D eigenvalue weighted by atomic mass is 10.0. The Morgan fingerprint density at radius 3 is 2.56 bits per heavy atom. The molecule has 2 heteroatoms. The highest BCUT2D eigenvalue weighted by molar-refractivity contribution is 5.16. The van der Waals surface area contributed by atoms with E-state index in [9.17, 15) is 4.39 Å². The van der Waals surface area contributed by atoms with Gasteiger partial charge in [-0.25, -0.2) is 4.39 Å². The third-order valence-electron chi connectivity index (χ3n) is 3.46. The van der Waals surface area contributed by atoms with E-state index in [2.05, 4.69) is 12.4 Å². The number of nitrogens with one attached hydrogen (secondary N) is 1. The van der Waals surface area contributed by atoms with E-state index in [-0.39, 0.29) is 5.82 Å². The Balaban J connectivity index is 1.72. The van der Waals surface area contributed by atoms with E-state index >= 15 is 0 Å². The van der Waals surface area contributed by atoms with Gasteiger partial charge in [0.25, 0.3) is 0 Å². The van der Waals surface area contributed by atoms with Crippen LogP contribution in [0.5, 0.6) is 0 Å². The number of benzene rings is 1. The largest absolute Gasteiger partial charge is 0.317 e. The quantitative estimate of drug-likeness (QED) is 0.778. The molecule has 0 aliphatic heterocycles. The zero-order valence-electron chi connectivity index (χ0n) is 9.88. The standard InChI is InChI=1S/C14H20FN/c1-16-14(12-7-8-12)4-2-3-11-5-9-13(15)10-6-11/h5-6,9-10,12,14,16H,2-4,7-8H2,1H3. The van der Waals surface area contributed by atoms with Crippen molar-refractivity contribution in [1.29, 1.82) is 0 Å². The van der Waals surface area contributed by atoms with Crippen LogP contribution < -0.4 is 5.32 Å². The molecule has 1 unspecified atom stereocenters. The summed E-state index contributed by atoms with van der Waals surface area (Å²) in [6.07, 6.45) is 6.27. The van der Waals surface area contributed by atoms with Crippen LogP contribution in [0, 0.1) is 11.7 Å². The lowest BCUT2D eigenvalue weighted by molar-refractivity contribution is 0.456. The van der Waals surface area contributed by atoms with Crippen LogP contribution in [0.1, 0.15) is 31.2 Å². The van der Waals surface area contributed by atoms with Crippen LogP contribution in [0.15, 0.2) is 24.3 Å². The van der Waals surface area contributed by atoms with Crippen LogP contribution in [-0.2, 0) is 6.42 Å². The van der Waals surface area contributed by atoms with E-state index < -0.39 is 0 Å². The predicted molar refractivity (Wildman–Crippen MR) is 64.9 cm³/mol. The third kappa shape index (κ3) is 3.31. The number of hydrogen-bond acceptors (Lipinski definition) is 1. The minimum atomic E-state index is -0.144. The Labute approximate surface area is 97.1 Å². The van der Waals surface area contributed by atoms with Gasteiger partial charge in [0.15, 0.2) is 0 Å². The molecule has 1 N–H and O–H groups in total. The summed E-state index contributed by atoms with van der Waals surface area (Å²) in [6, 6.07) is 7.57. The molecule has 0 aromatic heterocycles. The molecule has 88 valence electrons. The van der Waals surface area contributed by atoms with E-state index in [0.29, 0.717) is 6.04 Å². The molecule has 1 atom stereocenters. The van der Waals surface area contributed by atoms with Crippen LogP contribution in [0.4, 0.5) is 4.39 Å². The summed E-state index contributed by atoms with van der Waals surface area (Å²) in [6.45, 7) is 0. The Kier molecular flexibility index (Phi) is 3.94. The molecule has 1 aliphatic carbocycles. The average molecular weight is 221 g/mol. The van der Waals surface area contributed by atoms with E-state index in [4.69, 9.17) is 0 Å². The maximum absolute atomic E-state index is 12.7. The second kappa shape index (κ2) is 5.44. The summed E-state index contributed by atoms with van der Waals surface area (Å²) in [5.74, 6) is 0.771. The Bertz CT molecular complexity index is 316.